The van der Waals surface area contributed by atoms with E-state index in [1.165, 1.54) is 0 Å². The second-order valence-electron chi connectivity index (χ2n) is 11.1. The highest BCUT2D eigenvalue weighted by Crippen LogP contribution is 2.41. The van der Waals surface area contributed by atoms with Gasteiger partial charge in [0, 0.05) is 25.3 Å². The lowest BCUT2D eigenvalue weighted by molar-refractivity contribution is -0.121. The molecule has 4 N–H and O–H groups in total. The summed E-state index contributed by atoms with van der Waals surface area (Å²) in [7, 11) is 0. The summed E-state index contributed by atoms with van der Waals surface area (Å²) >= 11 is 0. The second kappa shape index (κ2) is 12.0. The third-order valence-corrected chi connectivity index (χ3v) is 7.82. The molecular formula is C30H39N3O4. The van der Waals surface area contributed by atoms with Crippen molar-refractivity contribution in [3.8, 4) is 0 Å². The Kier molecular flexibility index (Phi) is 8.77. The van der Waals surface area contributed by atoms with Crippen molar-refractivity contribution in [2.24, 2.45) is 11.3 Å². The third kappa shape index (κ3) is 7.05. The number of aliphatic hydroxyl groups is 2. The predicted octanol–water partition coefficient (Wildman–Crippen LogP) is 4.08. The molecule has 2 aromatic carbocycles. The second-order valence-corrected chi connectivity index (χ2v) is 11.1. The summed E-state index contributed by atoms with van der Waals surface area (Å²) in [4.78, 5) is 32.4. The molecule has 4 rings (SSSR count). The van der Waals surface area contributed by atoms with Crippen LogP contribution in [-0.2, 0) is 11.2 Å². The average Bonchev–Trinajstić information content (AvgIpc) is 2.93. The van der Waals surface area contributed by atoms with Crippen LogP contribution in [-0.4, -0.2) is 44.8 Å². The van der Waals surface area contributed by atoms with Gasteiger partial charge >= 0.3 is 0 Å². The van der Waals surface area contributed by atoms with Crippen molar-refractivity contribution >= 4 is 16.8 Å². The van der Waals surface area contributed by atoms with E-state index in [4.69, 9.17) is 0 Å². The standard InChI is InChI=1S/C30H39N3O4/c1-20-15-16-30(2,18-23(28(36)25(34)17-20)21-9-4-3-5-10-21)19-31-27(35)14-8-13-26-32-24-12-7-6-11-22(24)29(37)33-26/h3-7,9-12,20,23,25,28,34,36H,8,13-19H2,1-2H3,(H,31,35)(H,32,33,37)/t20-,23-,25+,28-,30+/m1/s1. The number of aliphatic hydroxyl groups excluding tert-OH is 2. The molecule has 1 aromatic heterocycles. The zero-order valence-electron chi connectivity index (χ0n) is 21.8. The number of nitrogens with zero attached hydrogens (tertiary/aromatic N) is 1. The van der Waals surface area contributed by atoms with Crippen molar-refractivity contribution in [3.05, 3.63) is 76.3 Å². The fourth-order valence-electron chi connectivity index (χ4n) is 5.53. The number of carbonyl (C=O) groups is 1. The molecular weight excluding hydrogens is 466 g/mol. The van der Waals surface area contributed by atoms with Crippen LogP contribution in [0.4, 0.5) is 0 Å². The molecule has 0 aliphatic heterocycles. The first kappa shape index (κ1) is 27.0. The fourth-order valence-corrected chi connectivity index (χ4v) is 5.53. The minimum absolute atomic E-state index is 0.0332. The Morgan fingerprint density at radius 1 is 1.14 bits per heavy atom. The maximum Gasteiger partial charge on any atom is 0.258 e. The summed E-state index contributed by atoms with van der Waals surface area (Å²) in [6, 6.07) is 17.1. The molecule has 7 nitrogen and oxygen atoms in total. The largest absolute Gasteiger partial charge is 0.390 e. The Morgan fingerprint density at radius 3 is 2.65 bits per heavy atom. The number of benzene rings is 2. The molecule has 1 heterocycles. The third-order valence-electron chi connectivity index (χ3n) is 7.82. The summed E-state index contributed by atoms with van der Waals surface area (Å²) in [5.41, 5.74) is 1.29. The molecule has 1 aliphatic rings. The lowest BCUT2D eigenvalue weighted by Crippen LogP contribution is -2.39. The van der Waals surface area contributed by atoms with Crippen LogP contribution in [0.5, 0.6) is 0 Å². The number of H-pyrrole nitrogens is 1. The molecule has 1 fully saturated rings. The number of carbonyl (C=O) groups excluding carboxylic acids is 1. The van der Waals surface area contributed by atoms with Crippen LogP contribution in [0, 0.1) is 11.3 Å². The number of hydrogen-bond acceptors (Lipinski definition) is 5. The highest BCUT2D eigenvalue weighted by atomic mass is 16.3. The molecule has 7 heteroatoms. The van der Waals surface area contributed by atoms with Crippen LogP contribution in [0.25, 0.3) is 10.9 Å². The van der Waals surface area contributed by atoms with Gasteiger partial charge in [0.2, 0.25) is 5.91 Å². The number of amides is 1. The topological polar surface area (TPSA) is 115 Å². The lowest BCUT2D eigenvalue weighted by atomic mass is 9.73. The van der Waals surface area contributed by atoms with E-state index in [-0.39, 0.29) is 28.7 Å². The van der Waals surface area contributed by atoms with Crippen molar-refractivity contribution in [3.63, 3.8) is 0 Å². The zero-order valence-corrected chi connectivity index (χ0v) is 21.8. The maximum atomic E-state index is 12.8. The van der Waals surface area contributed by atoms with E-state index in [0.29, 0.717) is 55.4 Å². The number of fused-ring (bicyclic) bond motifs is 1. The van der Waals surface area contributed by atoms with Crippen molar-refractivity contribution in [2.75, 3.05) is 6.54 Å². The van der Waals surface area contributed by atoms with E-state index in [9.17, 15) is 19.8 Å². The number of aromatic amines is 1. The minimum atomic E-state index is -0.852. The number of nitrogens with one attached hydrogen (secondary N) is 2. The van der Waals surface area contributed by atoms with Gasteiger partial charge in [-0.15, -0.1) is 0 Å². The fraction of sp³-hybridized carbons (Fsp3) is 0.500. The Balaban J connectivity index is 1.37. The quantitative estimate of drug-likeness (QED) is 0.386. The minimum Gasteiger partial charge on any atom is -0.390 e. The monoisotopic (exact) mass is 505 g/mol. The Morgan fingerprint density at radius 2 is 1.86 bits per heavy atom. The molecule has 0 spiro atoms. The molecule has 37 heavy (non-hydrogen) atoms. The van der Waals surface area contributed by atoms with Gasteiger partial charge in [0.25, 0.3) is 5.56 Å². The first-order chi connectivity index (χ1) is 17.7. The average molecular weight is 506 g/mol. The van der Waals surface area contributed by atoms with Crippen LogP contribution in [0.3, 0.4) is 0 Å². The Bertz CT molecular complexity index is 1240. The number of hydrogen-bond donors (Lipinski definition) is 4. The van der Waals surface area contributed by atoms with Gasteiger partial charge in [-0.2, -0.15) is 0 Å². The van der Waals surface area contributed by atoms with Gasteiger partial charge in [-0.05, 0) is 54.7 Å². The molecule has 198 valence electrons. The van der Waals surface area contributed by atoms with Gasteiger partial charge in [0.1, 0.15) is 5.82 Å². The molecule has 0 saturated heterocycles. The highest BCUT2D eigenvalue weighted by Gasteiger charge is 2.37. The summed E-state index contributed by atoms with van der Waals surface area (Å²) in [6.07, 6.45) is 2.88. The van der Waals surface area contributed by atoms with Crippen molar-refractivity contribution < 1.29 is 15.0 Å². The van der Waals surface area contributed by atoms with Crippen LogP contribution in [0.15, 0.2) is 59.4 Å². The van der Waals surface area contributed by atoms with Crippen molar-refractivity contribution in [2.45, 2.75) is 76.9 Å². The van der Waals surface area contributed by atoms with E-state index in [0.717, 1.165) is 18.4 Å². The molecule has 1 aliphatic carbocycles. The molecule has 0 unspecified atom stereocenters. The number of aryl methyl sites for hydroxylation is 1. The summed E-state index contributed by atoms with van der Waals surface area (Å²) < 4.78 is 0. The molecule has 0 bridgehead atoms. The summed E-state index contributed by atoms with van der Waals surface area (Å²) in [5.74, 6) is 0.631. The molecule has 0 radical (unpaired) electrons. The molecule has 1 saturated carbocycles. The van der Waals surface area contributed by atoms with Crippen LogP contribution >= 0.6 is 0 Å². The molecule has 3 aromatic rings. The van der Waals surface area contributed by atoms with E-state index >= 15 is 0 Å². The highest BCUT2D eigenvalue weighted by molar-refractivity contribution is 5.77. The van der Waals surface area contributed by atoms with Gasteiger partial charge in [0.15, 0.2) is 0 Å². The van der Waals surface area contributed by atoms with Gasteiger partial charge in [-0.3, -0.25) is 9.59 Å². The summed E-state index contributed by atoms with van der Waals surface area (Å²) in [5, 5.41) is 25.5. The van der Waals surface area contributed by atoms with Gasteiger partial charge in [-0.25, -0.2) is 4.98 Å². The van der Waals surface area contributed by atoms with Gasteiger partial charge in [0.05, 0.1) is 23.1 Å². The number of aromatic nitrogens is 2. The maximum absolute atomic E-state index is 12.8. The molecule has 1 amide bonds. The number of para-hydroxylation sites is 1. The van der Waals surface area contributed by atoms with Gasteiger partial charge < -0.3 is 20.5 Å². The van der Waals surface area contributed by atoms with Crippen molar-refractivity contribution in [1.29, 1.82) is 0 Å². The van der Waals surface area contributed by atoms with Crippen LogP contribution < -0.4 is 10.9 Å². The first-order valence-corrected chi connectivity index (χ1v) is 13.4. The first-order valence-electron chi connectivity index (χ1n) is 13.4. The Hall–Kier alpha value is -3.03. The van der Waals surface area contributed by atoms with Crippen molar-refractivity contribution in [1.82, 2.24) is 15.3 Å². The van der Waals surface area contributed by atoms with E-state index < -0.39 is 12.2 Å². The zero-order chi connectivity index (χ0) is 26.4. The van der Waals surface area contributed by atoms with E-state index in [2.05, 4.69) is 29.1 Å². The van der Waals surface area contributed by atoms with Gasteiger partial charge in [-0.1, -0.05) is 62.7 Å². The predicted molar refractivity (Wildman–Crippen MR) is 145 cm³/mol. The SMILES string of the molecule is C[C@@H]1CC[C@](C)(CNC(=O)CCCc2nc3ccccc3c(=O)[nH]2)C[C@H](c2ccccc2)[C@@H](O)[C@@H](O)C1. The van der Waals surface area contributed by atoms with Crippen LogP contribution in [0.2, 0.25) is 0 Å². The summed E-state index contributed by atoms with van der Waals surface area (Å²) in [6.45, 7) is 4.79. The van der Waals surface area contributed by atoms with E-state index in [1.54, 1.807) is 6.07 Å². The van der Waals surface area contributed by atoms with Crippen LogP contribution in [0.1, 0.15) is 69.7 Å². The molecule has 5 atom stereocenters. The normalized spacial score (nSPS) is 26.7. The van der Waals surface area contributed by atoms with E-state index in [1.807, 2.05) is 48.5 Å². The Labute approximate surface area is 218 Å². The smallest absolute Gasteiger partial charge is 0.258 e. The number of rotatable bonds is 7. The lowest BCUT2D eigenvalue weighted by Gasteiger charge is -2.36.